The first-order valence-electron chi connectivity index (χ1n) is 9.93. The summed E-state index contributed by atoms with van der Waals surface area (Å²) in [7, 11) is 0. The fraction of sp³-hybridized carbons (Fsp3) is 0.273. The van der Waals surface area contributed by atoms with Crippen molar-refractivity contribution in [3.05, 3.63) is 64.7 Å². The topological polar surface area (TPSA) is 142 Å². The van der Waals surface area contributed by atoms with Crippen molar-refractivity contribution in [2.75, 3.05) is 12.3 Å². The molecule has 0 spiro atoms. The number of aliphatic hydroxyl groups excluding tert-OH is 1. The lowest BCUT2D eigenvalue weighted by molar-refractivity contribution is -0.136. The van der Waals surface area contributed by atoms with Crippen LogP contribution in [0.1, 0.15) is 50.7 Å². The second kappa shape index (κ2) is 8.29. The van der Waals surface area contributed by atoms with E-state index in [9.17, 15) is 24.3 Å². The summed E-state index contributed by atoms with van der Waals surface area (Å²) in [6.07, 6.45) is 0.189. The van der Waals surface area contributed by atoms with Gasteiger partial charge in [-0.15, -0.1) is 0 Å². The number of nitrogens with two attached hydrogens (primary N) is 1. The Kier molecular flexibility index (Phi) is 5.53. The van der Waals surface area contributed by atoms with Crippen LogP contribution in [0.15, 0.2) is 42.5 Å². The number of amides is 4. The number of aliphatic hydroxyl groups is 1. The fourth-order valence-electron chi connectivity index (χ4n) is 3.93. The Balaban J connectivity index is 1.50. The number of imide groups is 2. The number of hydrogen-bond acceptors (Lipinski definition) is 7. The van der Waals surface area contributed by atoms with Crippen molar-refractivity contribution < 1.29 is 24.3 Å². The standard InChI is InChI=1S/C22H22N4O5/c23-14-3-1-2-13(9-14)17(11-27)24-10-12-4-5-15-16(8-12)22(31)26(21(15)30)18-6-7-19(28)25-20(18)29/h1-5,8-9,17-18,24,27H,6-7,10-11,23H2,(H,25,28,29). The van der Waals surface area contributed by atoms with Crippen LogP contribution in [0, 0.1) is 0 Å². The third-order valence-corrected chi connectivity index (χ3v) is 5.55. The van der Waals surface area contributed by atoms with Gasteiger partial charge in [0.25, 0.3) is 11.8 Å². The molecule has 1 fully saturated rings. The molecule has 1 saturated heterocycles. The molecule has 9 heteroatoms. The molecule has 2 atom stereocenters. The van der Waals surface area contributed by atoms with Crippen LogP contribution in [0.5, 0.6) is 0 Å². The van der Waals surface area contributed by atoms with E-state index in [0.717, 1.165) is 16.0 Å². The van der Waals surface area contributed by atoms with Gasteiger partial charge in [-0.3, -0.25) is 29.4 Å². The summed E-state index contributed by atoms with van der Waals surface area (Å²) in [4.78, 5) is 50.1. The van der Waals surface area contributed by atoms with Gasteiger partial charge in [-0.1, -0.05) is 18.2 Å². The van der Waals surface area contributed by atoms with Gasteiger partial charge in [-0.05, 0) is 41.8 Å². The molecule has 0 saturated carbocycles. The zero-order valence-corrected chi connectivity index (χ0v) is 16.6. The smallest absolute Gasteiger partial charge is 0.262 e. The molecule has 0 aromatic heterocycles. The van der Waals surface area contributed by atoms with Crippen LogP contribution in [0.25, 0.3) is 0 Å². The Hall–Kier alpha value is -3.56. The van der Waals surface area contributed by atoms with Crippen molar-refractivity contribution in [1.82, 2.24) is 15.5 Å². The molecule has 5 N–H and O–H groups in total. The Morgan fingerprint density at radius 3 is 2.58 bits per heavy atom. The molecule has 2 aliphatic rings. The van der Waals surface area contributed by atoms with Gasteiger partial charge in [0.1, 0.15) is 6.04 Å². The Bertz CT molecular complexity index is 1080. The van der Waals surface area contributed by atoms with Gasteiger partial charge in [0.15, 0.2) is 0 Å². The molecule has 2 heterocycles. The lowest BCUT2D eigenvalue weighted by atomic mass is 10.0. The van der Waals surface area contributed by atoms with Crippen LogP contribution in [-0.2, 0) is 16.1 Å². The predicted molar refractivity (Wildman–Crippen MR) is 111 cm³/mol. The summed E-state index contributed by atoms with van der Waals surface area (Å²) in [5.41, 5.74) is 8.43. The maximum atomic E-state index is 12.9. The number of nitrogen functional groups attached to an aromatic ring is 1. The first kappa shape index (κ1) is 20.7. The summed E-state index contributed by atoms with van der Waals surface area (Å²) in [5.74, 6) is -2.14. The highest BCUT2D eigenvalue weighted by Crippen LogP contribution is 2.28. The molecule has 2 aromatic carbocycles. The van der Waals surface area contributed by atoms with Gasteiger partial charge in [0.05, 0.1) is 23.8 Å². The maximum absolute atomic E-state index is 12.9. The SMILES string of the molecule is Nc1cccc(C(CO)NCc2ccc3c(c2)C(=O)N(C2CCC(=O)NC2=O)C3=O)c1. The van der Waals surface area contributed by atoms with Gasteiger partial charge in [-0.25, -0.2) is 0 Å². The molecule has 2 aliphatic heterocycles. The highest BCUT2D eigenvalue weighted by Gasteiger charge is 2.44. The first-order valence-corrected chi connectivity index (χ1v) is 9.93. The van der Waals surface area contributed by atoms with Gasteiger partial charge < -0.3 is 16.2 Å². The lowest BCUT2D eigenvalue weighted by Crippen LogP contribution is -2.54. The average molecular weight is 422 g/mol. The van der Waals surface area contributed by atoms with E-state index in [2.05, 4.69) is 10.6 Å². The molecule has 0 radical (unpaired) electrons. The monoisotopic (exact) mass is 422 g/mol. The van der Waals surface area contributed by atoms with E-state index >= 15 is 0 Å². The number of fused-ring (bicyclic) bond motifs is 1. The normalized spacial score (nSPS) is 19.4. The van der Waals surface area contributed by atoms with Crippen LogP contribution in [0.3, 0.4) is 0 Å². The number of hydrogen-bond donors (Lipinski definition) is 4. The number of carbonyl (C=O) groups is 4. The summed E-state index contributed by atoms with van der Waals surface area (Å²) in [5, 5.41) is 15.1. The minimum Gasteiger partial charge on any atom is -0.399 e. The molecule has 0 aliphatic carbocycles. The van der Waals surface area contributed by atoms with Crippen molar-refractivity contribution in [2.45, 2.75) is 31.5 Å². The van der Waals surface area contributed by atoms with E-state index in [4.69, 9.17) is 5.73 Å². The van der Waals surface area contributed by atoms with E-state index in [1.165, 1.54) is 0 Å². The molecule has 2 unspecified atom stereocenters. The molecule has 2 aromatic rings. The van der Waals surface area contributed by atoms with E-state index in [0.29, 0.717) is 12.2 Å². The molecular weight excluding hydrogens is 400 g/mol. The number of piperidine rings is 1. The number of benzene rings is 2. The van der Waals surface area contributed by atoms with E-state index in [1.807, 2.05) is 6.07 Å². The van der Waals surface area contributed by atoms with E-state index in [-0.39, 0.29) is 36.6 Å². The average Bonchev–Trinajstić information content (AvgIpc) is 2.99. The Labute approximate surface area is 178 Å². The van der Waals surface area contributed by atoms with Crippen LogP contribution in [0.2, 0.25) is 0 Å². The number of anilines is 1. The van der Waals surface area contributed by atoms with E-state index in [1.54, 1.807) is 36.4 Å². The third kappa shape index (κ3) is 3.92. The molecule has 4 amide bonds. The van der Waals surface area contributed by atoms with Crippen LogP contribution in [0.4, 0.5) is 5.69 Å². The number of nitrogens with zero attached hydrogens (tertiary/aromatic N) is 1. The molecule has 0 bridgehead atoms. The minimum atomic E-state index is -0.992. The second-order valence-electron chi connectivity index (χ2n) is 7.61. The quantitative estimate of drug-likeness (QED) is 0.392. The van der Waals surface area contributed by atoms with Crippen LogP contribution >= 0.6 is 0 Å². The molecule has 31 heavy (non-hydrogen) atoms. The van der Waals surface area contributed by atoms with E-state index < -0.39 is 29.7 Å². The summed E-state index contributed by atoms with van der Waals surface area (Å²) in [6.45, 7) is 0.197. The maximum Gasteiger partial charge on any atom is 0.262 e. The second-order valence-corrected chi connectivity index (χ2v) is 7.61. The molecule has 4 rings (SSSR count). The number of nitrogens with one attached hydrogen (secondary N) is 2. The number of carbonyl (C=O) groups excluding carboxylic acids is 4. The Morgan fingerprint density at radius 1 is 1.10 bits per heavy atom. The summed E-state index contributed by atoms with van der Waals surface area (Å²) < 4.78 is 0. The lowest BCUT2D eigenvalue weighted by Gasteiger charge is -2.27. The Morgan fingerprint density at radius 2 is 1.87 bits per heavy atom. The summed E-state index contributed by atoms with van der Waals surface area (Å²) in [6, 6.07) is 10.7. The predicted octanol–water partition coefficient (Wildman–Crippen LogP) is 0.493. The highest BCUT2D eigenvalue weighted by molar-refractivity contribution is 6.23. The fourth-order valence-corrected chi connectivity index (χ4v) is 3.93. The minimum absolute atomic E-state index is 0.0749. The molecular formula is C22H22N4O5. The largest absolute Gasteiger partial charge is 0.399 e. The zero-order chi connectivity index (χ0) is 22.1. The van der Waals surface area contributed by atoms with Gasteiger partial charge in [0.2, 0.25) is 11.8 Å². The van der Waals surface area contributed by atoms with Crippen LogP contribution < -0.4 is 16.4 Å². The van der Waals surface area contributed by atoms with Gasteiger partial charge in [-0.2, -0.15) is 0 Å². The van der Waals surface area contributed by atoms with Gasteiger partial charge in [0, 0.05) is 18.7 Å². The molecule has 160 valence electrons. The van der Waals surface area contributed by atoms with Crippen molar-refractivity contribution in [3.8, 4) is 0 Å². The zero-order valence-electron chi connectivity index (χ0n) is 16.6. The van der Waals surface area contributed by atoms with Crippen molar-refractivity contribution >= 4 is 29.3 Å². The highest BCUT2D eigenvalue weighted by atomic mass is 16.3. The third-order valence-electron chi connectivity index (χ3n) is 5.55. The summed E-state index contributed by atoms with van der Waals surface area (Å²) >= 11 is 0. The van der Waals surface area contributed by atoms with Crippen LogP contribution in [-0.4, -0.2) is 46.3 Å². The first-order chi connectivity index (χ1) is 14.9. The van der Waals surface area contributed by atoms with Crippen molar-refractivity contribution in [2.24, 2.45) is 0 Å². The van der Waals surface area contributed by atoms with Gasteiger partial charge >= 0.3 is 0 Å². The van der Waals surface area contributed by atoms with Crippen molar-refractivity contribution in [3.63, 3.8) is 0 Å². The molecule has 9 nitrogen and oxygen atoms in total. The number of rotatable bonds is 6. The van der Waals surface area contributed by atoms with Crippen molar-refractivity contribution in [1.29, 1.82) is 0 Å².